The molecule has 0 fully saturated rings. The molecular formula is C10H14FNO3S. The van der Waals surface area contributed by atoms with Gasteiger partial charge in [0.05, 0.1) is 11.5 Å². The summed E-state index contributed by atoms with van der Waals surface area (Å²) >= 11 is 0. The molecule has 1 aromatic rings. The van der Waals surface area contributed by atoms with Crippen molar-refractivity contribution in [3.63, 3.8) is 0 Å². The lowest BCUT2D eigenvalue weighted by molar-refractivity contribution is 0.254. The number of hydrogen-bond donors (Lipinski definition) is 2. The van der Waals surface area contributed by atoms with Crippen molar-refractivity contribution in [1.29, 1.82) is 0 Å². The van der Waals surface area contributed by atoms with Crippen LogP contribution in [0.25, 0.3) is 0 Å². The van der Waals surface area contributed by atoms with E-state index in [4.69, 9.17) is 5.11 Å². The average molecular weight is 247 g/mol. The number of halogens is 1. The van der Waals surface area contributed by atoms with Gasteiger partial charge in [-0.1, -0.05) is 6.92 Å². The normalized spacial score (nSPS) is 13.7. The third kappa shape index (κ3) is 3.26. The summed E-state index contributed by atoms with van der Waals surface area (Å²) in [7, 11) is -3.68. The average Bonchev–Trinajstić information content (AvgIpc) is 2.26. The number of benzene rings is 1. The maximum absolute atomic E-state index is 12.6. The van der Waals surface area contributed by atoms with Crippen LogP contribution in [0.5, 0.6) is 0 Å². The van der Waals surface area contributed by atoms with E-state index < -0.39 is 21.9 Å². The fraction of sp³-hybridized carbons (Fsp3) is 0.400. The van der Waals surface area contributed by atoms with E-state index in [0.29, 0.717) is 6.42 Å². The van der Waals surface area contributed by atoms with Crippen molar-refractivity contribution < 1.29 is 17.9 Å². The van der Waals surface area contributed by atoms with Crippen LogP contribution in [-0.4, -0.2) is 26.2 Å². The van der Waals surface area contributed by atoms with Crippen LogP contribution in [0.15, 0.2) is 29.2 Å². The molecule has 1 rings (SSSR count). The first kappa shape index (κ1) is 13.1. The number of hydrogen-bond acceptors (Lipinski definition) is 3. The molecule has 0 radical (unpaired) electrons. The Hall–Kier alpha value is -0.980. The lowest BCUT2D eigenvalue weighted by atomic mass is 10.3. The van der Waals surface area contributed by atoms with Gasteiger partial charge in [0.2, 0.25) is 10.0 Å². The topological polar surface area (TPSA) is 66.4 Å². The summed E-state index contributed by atoms with van der Waals surface area (Å²) in [5, 5.41) is 8.89. The van der Waals surface area contributed by atoms with Crippen molar-refractivity contribution in [1.82, 2.24) is 4.72 Å². The minimum absolute atomic E-state index is 0.0131. The third-order valence-corrected chi connectivity index (χ3v) is 3.70. The SMILES string of the molecule is CC[C@H](CO)NS(=O)(=O)c1ccc(F)cc1. The molecule has 90 valence electrons. The minimum Gasteiger partial charge on any atom is -0.395 e. The van der Waals surface area contributed by atoms with E-state index in [9.17, 15) is 12.8 Å². The molecule has 0 aliphatic carbocycles. The van der Waals surface area contributed by atoms with E-state index in [2.05, 4.69) is 4.72 Å². The summed E-state index contributed by atoms with van der Waals surface area (Å²) in [6, 6.07) is 4.00. The maximum atomic E-state index is 12.6. The fourth-order valence-corrected chi connectivity index (χ4v) is 2.46. The molecule has 0 unspecified atom stereocenters. The molecule has 0 saturated heterocycles. The second-order valence-corrected chi connectivity index (χ2v) is 5.08. The Morgan fingerprint density at radius 2 is 1.94 bits per heavy atom. The Morgan fingerprint density at radius 3 is 2.38 bits per heavy atom. The Labute approximate surface area is 94.2 Å². The molecule has 0 heterocycles. The third-order valence-electron chi connectivity index (χ3n) is 2.16. The van der Waals surface area contributed by atoms with Gasteiger partial charge in [-0.05, 0) is 30.7 Å². The maximum Gasteiger partial charge on any atom is 0.240 e. The van der Waals surface area contributed by atoms with Crippen molar-refractivity contribution in [2.24, 2.45) is 0 Å². The highest BCUT2D eigenvalue weighted by Gasteiger charge is 2.18. The molecule has 6 heteroatoms. The Balaban J connectivity index is 2.89. The molecule has 16 heavy (non-hydrogen) atoms. The second kappa shape index (κ2) is 5.38. The first-order chi connectivity index (χ1) is 7.49. The molecule has 0 spiro atoms. The minimum atomic E-state index is -3.68. The summed E-state index contributed by atoms with van der Waals surface area (Å²) in [5.74, 6) is -0.492. The monoisotopic (exact) mass is 247 g/mol. The molecule has 0 aliphatic heterocycles. The summed E-state index contributed by atoms with van der Waals surface area (Å²) in [5.41, 5.74) is 0. The van der Waals surface area contributed by atoms with Gasteiger partial charge >= 0.3 is 0 Å². The molecule has 4 nitrogen and oxygen atoms in total. The van der Waals surface area contributed by atoms with Gasteiger partial charge < -0.3 is 5.11 Å². The zero-order valence-electron chi connectivity index (χ0n) is 8.85. The van der Waals surface area contributed by atoms with Crippen molar-refractivity contribution >= 4 is 10.0 Å². The summed E-state index contributed by atoms with van der Waals surface area (Å²) < 4.78 is 38.4. The van der Waals surface area contributed by atoms with Gasteiger partial charge in [0.1, 0.15) is 5.82 Å². The molecular weight excluding hydrogens is 233 g/mol. The fourth-order valence-electron chi connectivity index (χ4n) is 1.15. The van der Waals surface area contributed by atoms with Crippen LogP contribution in [-0.2, 0) is 10.0 Å². The van der Waals surface area contributed by atoms with E-state index in [1.165, 1.54) is 12.1 Å². The largest absolute Gasteiger partial charge is 0.395 e. The number of rotatable bonds is 5. The number of aliphatic hydroxyl groups is 1. The predicted octanol–water partition coefficient (Wildman–Crippen LogP) is 0.875. The van der Waals surface area contributed by atoms with Crippen LogP contribution in [0.2, 0.25) is 0 Å². The van der Waals surface area contributed by atoms with E-state index >= 15 is 0 Å². The molecule has 0 saturated carbocycles. The van der Waals surface area contributed by atoms with Crippen LogP contribution in [0.1, 0.15) is 13.3 Å². The van der Waals surface area contributed by atoms with Gasteiger partial charge in [0.15, 0.2) is 0 Å². The predicted molar refractivity (Wildman–Crippen MR) is 57.9 cm³/mol. The zero-order valence-corrected chi connectivity index (χ0v) is 9.67. The number of aliphatic hydroxyl groups excluding tert-OH is 1. The quantitative estimate of drug-likeness (QED) is 0.811. The van der Waals surface area contributed by atoms with E-state index in [1.807, 2.05) is 0 Å². The van der Waals surface area contributed by atoms with Crippen LogP contribution >= 0.6 is 0 Å². The van der Waals surface area contributed by atoms with E-state index in [-0.39, 0.29) is 11.5 Å². The smallest absolute Gasteiger partial charge is 0.240 e. The van der Waals surface area contributed by atoms with E-state index in [0.717, 1.165) is 12.1 Å². The van der Waals surface area contributed by atoms with Crippen molar-refractivity contribution in [3.05, 3.63) is 30.1 Å². The van der Waals surface area contributed by atoms with Gasteiger partial charge in [0, 0.05) is 6.04 Å². The van der Waals surface area contributed by atoms with Crippen molar-refractivity contribution in [2.45, 2.75) is 24.3 Å². The van der Waals surface area contributed by atoms with Crippen LogP contribution < -0.4 is 4.72 Å². The molecule has 1 atom stereocenters. The summed E-state index contributed by atoms with van der Waals surface area (Å²) in [6.07, 6.45) is 0.483. The lowest BCUT2D eigenvalue weighted by Crippen LogP contribution is -2.36. The van der Waals surface area contributed by atoms with Gasteiger partial charge in [-0.2, -0.15) is 0 Å². The van der Waals surface area contributed by atoms with Crippen molar-refractivity contribution in [2.75, 3.05) is 6.61 Å². The molecule has 0 aliphatic rings. The van der Waals surface area contributed by atoms with Crippen LogP contribution in [0.3, 0.4) is 0 Å². The Kier molecular flexibility index (Phi) is 4.40. The van der Waals surface area contributed by atoms with Gasteiger partial charge in [-0.15, -0.1) is 0 Å². The van der Waals surface area contributed by atoms with E-state index in [1.54, 1.807) is 6.92 Å². The molecule has 2 N–H and O–H groups in total. The van der Waals surface area contributed by atoms with Crippen molar-refractivity contribution in [3.8, 4) is 0 Å². The second-order valence-electron chi connectivity index (χ2n) is 3.36. The van der Waals surface area contributed by atoms with Gasteiger partial charge in [0.25, 0.3) is 0 Å². The molecule has 0 amide bonds. The molecule has 0 aromatic heterocycles. The zero-order chi connectivity index (χ0) is 12.2. The lowest BCUT2D eigenvalue weighted by Gasteiger charge is -2.14. The standard InChI is InChI=1S/C10H14FNO3S/c1-2-9(7-13)12-16(14,15)10-5-3-8(11)4-6-10/h3-6,9,12-13H,2,7H2,1H3/t9-/m1/s1. The van der Waals surface area contributed by atoms with Crippen LogP contribution in [0.4, 0.5) is 4.39 Å². The highest BCUT2D eigenvalue weighted by Crippen LogP contribution is 2.10. The highest BCUT2D eigenvalue weighted by molar-refractivity contribution is 7.89. The number of nitrogens with one attached hydrogen (secondary N) is 1. The number of sulfonamides is 1. The Bertz CT molecular complexity index is 426. The Morgan fingerprint density at radius 1 is 1.38 bits per heavy atom. The van der Waals surface area contributed by atoms with Gasteiger partial charge in [-0.3, -0.25) is 0 Å². The molecule has 1 aromatic carbocycles. The van der Waals surface area contributed by atoms with Crippen LogP contribution in [0, 0.1) is 5.82 Å². The first-order valence-corrected chi connectivity index (χ1v) is 6.36. The summed E-state index contributed by atoms with van der Waals surface area (Å²) in [4.78, 5) is -0.0131. The molecule has 0 bridgehead atoms. The first-order valence-electron chi connectivity index (χ1n) is 4.88. The highest BCUT2D eigenvalue weighted by atomic mass is 32.2. The van der Waals surface area contributed by atoms with Gasteiger partial charge in [-0.25, -0.2) is 17.5 Å². The summed E-state index contributed by atoms with van der Waals surface area (Å²) in [6.45, 7) is 1.49.